The molecule has 2 aromatic rings. The number of anilines is 1. The molecule has 2 N–H and O–H groups in total. The summed E-state index contributed by atoms with van der Waals surface area (Å²) in [5.74, 6) is -1.38. The molecule has 3 rings (SSSR count). The summed E-state index contributed by atoms with van der Waals surface area (Å²) in [7, 11) is 0. The van der Waals surface area contributed by atoms with Crippen molar-refractivity contribution in [3.05, 3.63) is 58.6 Å². The number of carbonyl (C=O) groups is 3. The molecule has 1 aliphatic heterocycles. The van der Waals surface area contributed by atoms with Crippen LogP contribution in [0.25, 0.3) is 0 Å². The number of nitrogens with zero attached hydrogens (tertiary/aromatic N) is 2. The lowest BCUT2D eigenvalue weighted by Gasteiger charge is -2.27. The SMILES string of the molecule is C[C@]1(O)C(C=O)[C@@H](CC=O)O[C@H]1n1ccc(NC(=O)c2ccccc2)nc1=O. The number of ether oxygens (including phenoxy) is 1. The van der Waals surface area contributed by atoms with Crippen molar-refractivity contribution < 1.29 is 24.2 Å². The molecule has 0 radical (unpaired) electrons. The minimum atomic E-state index is -1.71. The third-order valence-corrected chi connectivity index (χ3v) is 4.71. The Morgan fingerprint density at radius 2 is 2.04 bits per heavy atom. The van der Waals surface area contributed by atoms with E-state index < -0.39 is 35.4 Å². The minimum absolute atomic E-state index is 0.0316. The molecule has 1 fully saturated rings. The van der Waals surface area contributed by atoms with E-state index in [1.54, 1.807) is 30.3 Å². The van der Waals surface area contributed by atoms with Crippen LogP contribution < -0.4 is 11.0 Å². The van der Waals surface area contributed by atoms with Crippen LogP contribution in [0.1, 0.15) is 29.9 Å². The van der Waals surface area contributed by atoms with Crippen LogP contribution in [-0.4, -0.2) is 44.8 Å². The van der Waals surface area contributed by atoms with Crippen molar-refractivity contribution >= 4 is 24.3 Å². The molecule has 1 saturated heterocycles. The molecular formula is C19H19N3O6. The van der Waals surface area contributed by atoms with Crippen LogP contribution in [0, 0.1) is 5.92 Å². The maximum atomic E-state index is 12.4. The van der Waals surface area contributed by atoms with Crippen LogP contribution in [0.15, 0.2) is 47.4 Å². The summed E-state index contributed by atoms with van der Waals surface area (Å²) < 4.78 is 6.63. The summed E-state index contributed by atoms with van der Waals surface area (Å²) in [6.07, 6.45) is 0.263. The molecule has 1 aromatic heterocycles. The Bertz CT molecular complexity index is 940. The quantitative estimate of drug-likeness (QED) is 0.695. The number of rotatable bonds is 6. The van der Waals surface area contributed by atoms with Gasteiger partial charge in [0.1, 0.15) is 24.0 Å². The maximum absolute atomic E-state index is 12.4. The summed E-state index contributed by atoms with van der Waals surface area (Å²) in [6, 6.07) is 9.80. The summed E-state index contributed by atoms with van der Waals surface area (Å²) in [6.45, 7) is 1.36. The fourth-order valence-electron chi connectivity index (χ4n) is 3.24. The Morgan fingerprint density at radius 3 is 2.64 bits per heavy atom. The molecule has 1 aliphatic rings. The van der Waals surface area contributed by atoms with Crippen molar-refractivity contribution in [2.75, 3.05) is 5.32 Å². The third-order valence-electron chi connectivity index (χ3n) is 4.71. The van der Waals surface area contributed by atoms with Crippen molar-refractivity contribution in [2.24, 2.45) is 5.92 Å². The number of hydrogen-bond donors (Lipinski definition) is 2. The highest BCUT2D eigenvalue weighted by Gasteiger charge is 2.53. The van der Waals surface area contributed by atoms with E-state index in [2.05, 4.69) is 10.3 Å². The van der Waals surface area contributed by atoms with E-state index in [1.165, 1.54) is 19.2 Å². The van der Waals surface area contributed by atoms with Gasteiger partial charge in [0.15, 0.2) is 6.23 Å². The standard InChI is InChI=1S/C19H19N3O6/c1-19(27)13(11-24)14(8-10-23)28-17(19)22-9-7-15(21-18(22)26)20-16(25)12-5-3-2-4-6-12/h2-7,9-11,13-14,17,27H,8H2,1H3,(H,20,21,25,26)/t13?,14-,17-,19+/m1/s1. The number of hydrogen-bond acceptors (Lipinski definition) is 7. The molecule has 1 amide bonds. The van der Waals surface area contributed by atoms with Gasteiger partial charge >= 0.3 is 5.69 Å². The number of carbonyl (C=O) groups excluding carboxylic acids is 3. The predicted octanol–water partition coefficient (Wildman–Crippen LogP) is 0.548. The average molecular weight is 385 g/mol. The van der Waals surface area contributed by atoms with Crippen LogP contribution in [0.2, 0.25) is 0 Å². The predicted molar refractivity (Wildman–Crippen MR) is 97.7 cm³/mol. The fraction of sp³-hybridized carbons (Fsp3) is 0.316. The van der Waals surface area contributed by atoms with Crippen molar-refractivity contribution in [1.82, 2.24) is 9.55 Å². The van der Waals surface area contributed by atoms with Crippen molar-refractivity contribution in [1.29, 1.82) is 0 Å². The van der Waals surface area contributed by atoms with E-state index in [-0.39, 0.29) is 12.2 Å². The van der Waals surface area contributed by atoms with Gasteiger partial charge < -0.3 is 24.7 Å². The first-order valence-corrected chi connectivity index (χ1v) is 8.61. The molecule has 0 bridgehead atoms. The van der Waals surface area contributed by atoms with Gasteiger partial charge in [-0.05, 0) is 25.1 Å². The number of benzene rings is 1. The molecule has 146 valence electrons. The van der Waals surface area contributed by atoms with Crippen LogP contribution in [-0.2, 0) is 14.3 Å². The van der Waals surface area contributed by atoms with Gasteiger partial charge in [-0.3, -0.25) is 9.36 Å². The van der Waals surface area contributed by atoms with Gasteiger partial charge in [-0.2, -0.15) is 4.98 Å². The van der Waals surface area contributed by atoms with Crippen LogP contribution >= 0.6 is 0 Å². The molecule has 1 aromatic carbocycles. The fourth-order valence-corrected chi connectivity index (χ4v) is 3.24. The van der Waals surface area contributed by atoms with Gasteiger partial charge in [-0.1, -0.05) is 18.2 Å². The summed E-state index contributed by atoms with van der Waals surface area (Å²) in [5.41, 5.74) is -2.09. The van der Waals surface area contributed by atoms with Crippen molar-refractivity contribution in [3.8, 4) is 0 Å². The maximum Gasteiger partial charge on any atom is 0.351 e. The Labute approximate surface area is 160 Å². The number of aromatic nitrogens is 2. The molecule has 9 nitrogen and oxygen atoms in total. The van der Waals surface area contributed by atoms with Crippen LogP contribution in [0.3, 0.4) is 0 Å². The highest BCUT2D eigenvalue weighted by molar-refractivity contribution is 6.03. The van der Waals surface area contributed by atoms with Gasteiger partial charge in [-0.15, -0.1) is 0 Å². The van der Waals surface area contributed by atoms with E-state index in [0.717, 1.165) is 4.57 Å². The second-order valence-corrected chi connectivity index (χ2v) is 6.64. The molecule has 2 heterocycles. The highest BCUT2D eigenvalue weighted by Crippen LogP contribution is 2.41. The Kier molecular flexibility index (Phi) is 5.48. The lowest BCUT2D eigenvalue weighted by molar-refractivity contribution is -0.120. The first-order chi connectivity index (χ1) is 13.4. The zero-order valence-corrected chi connectivity index (χ0v) is 15.0. The Hall–Kier alpha value is -3.17. The number of aldehydes is 2. The molecular weight excluding hydrogens is 366 g/mol. The van der Waals surface area contributed by atoms with E-state index in [4.69, 9.17) is 4.74 Å². The molecule has 28 heavy (non-hydrogen) atoms. The summed E-state index contributed by atoms with van der Waals surface area (Å²) in [5, 5.41) is 13.2. The number of amides is 1. The molecule has 0 aliphatic carbocycles. The first kappa shape index (κ1) is 19.6. The van der Waals surface area contributed by atoms with Gasteiger partial charge in [0.05, 0.1) is 12.0 Å². The van der Waals surface area contributed by atoms with E-state index in [1.807, 2.05) is 0 Å². The van der Waals surface area contributed by atoms with Gasteiger partial charge in [-0.25, -0.2) is 4.79 Å². The smallest absolute Gasteiger partial charge is 0.351 e. The second kappa shape index (κ2) is 7.83. The minimum Gasteiger partial charge on any atom is -0.385 e. The molecule has 9 heteroatoms. The molecule has 0 spiro atoms. The van der Waals surface area contributed by atoms with E-state index >= 15 is 0 Å². The van der Waals surface area contributed by atoms with Crippen molar-refractivity contribution in [2.45, 2.75) is 31.3 Å². The van der Waals surface area contributed by atoms with Gasteiger partial charge in [0, 0.05) is 18.2 Å². The third kappa shape index (κ3) is 3.62. The average Bonchev–Trinajstić information content (AvgIpc) is 2.92. The largest absolute Gasteiger partial charge is 0.385 e. The lowest BCUT2D eigenvalue weighted by Crippen LogP contribution is -2.43. The second-order valence-electron chi connectivity index (χ2n) is 6.64. The van der Waals surface area contributed by atoms with Crippen molar-refractivity contribution in [3.63, 3.8) is 0 Å². The summed E-state index contributed by atoms with van der Waals surface area (Å²) in [4.78, 5) is 50.6. The van der Waals surface area contributed by atoms with E-state index in [9.17, 15) is 24.3 Å². The van der Waals surface area contributed by atoms with Crippen LogP contribution in [0.4, 0.5) is 5.82 Å². The lowest BCUT2D eigenvalue weighted by atomic mass is 9.86. The van der Waals surface area contributed by atoms with Gasteiger partial charge in [0.25, 0.3) is 5.91 Å². The topological polar surface area (TPSA) is 128 Å². The molecule has 0 saturated carbocycles. The first-order valence-electron chi connectivity index (χ1n) is 8.61. The van der Waals surface area contributed by atoms with Gasteiger partial charge in [0.2, 0.25) is 0 Å². The molecule has 1 unspecified atom stereocenters. The number of nitrogens with one attached hydrogen (secondary N) is 1. The number of aliphatic hydroxyl groups is 1. The Balaban J connectivity index is 1.84. The normalized spacial score (nSPS) is 26.6. The molecule has 4 atom stereocenters. The Morgan fingerprint density at radius 1 is 1.32 bits per heavy atom. The highest BCUT2D eigenvalue weighted by atomic mass is 16.5. The monoisotopic (exact) mass is 385 g/mol. The van der Waals surface area contributed by atoms with Crippen LogP contribution in [0.5, 0.6) is 0 Å². The zero-order valence-electron chi connectivity index (χ0n) is 15.0. The van der Waals surface area contributed by atoms with E-state index in [0.29, 0.717) is 18.1 Å². The summed E-state index contributed by atoms with van der Waals surface area (Å²) >= 11 is 0. The zero-order chi connectivity index (χ0) is 20.3.